The molecule has 0 aliphatic rings. The molecule has 92 valence electrons. The van der Waals surface area contributed by atoms with E-state index in [2.05, 4.69) is 37.7 Å². The van der Waals surface area contributed by atoms with Crippen molar-refractivity contribution in [2.24, 2.45) is 0 Å². The second-order valence-corrected chi connectivity index (χ2v) is 5.41. The molecule has 2 heterocycles. The molecule has 4 nitrogen and oxygen atoms in total. The highest BCUT2D eigenvalue weighted by atomic mass is 16.4. The molecular weight excluding hydrogens is 214 g/mol. The van der Waals surface area contributed by atoms with Gasteiger partial charge in [-0.2, -0.15) is 0 Å². The van der Waals surface area contributed by atoms with Crippen molar-refractivity contribution in [2.45, 2.75) is 46.6 Å². The van der Waals surface area contributed by atoms with E-state index >= 15 is 0 Å². The lowest BCUT2D eigenvalue weighted by atomic mass is 9.94. The van der Waals surface area contributed by atoms with Gasteiger partial charge in [0.1, 0.15) is 12.3 Å². The van der Waals surface area contributed by atoms with E-state index in [4.69, 9.17) is 4.42 Å². The summed E-state index contributed by atoms with van der Waals surface area (Å²) < 4.78 is 7.81. The average molecular weight is 233 g/mol. The van der Waals surface area contributed by atoms with Crippen molar-refractivity contribution in [1.82, 2.24) is 14.5 Å². The van der Waals surface area contributed by atoms with Gasteiger partial charge in [0.05, 0.1) is 18.2 Å². The van der Waals surface area contributed by atoms with Gasteiger partial charge in [-0.15, -0.1) is 0 Å². The smallest absolute Gasteiger partial charge is 0.214 e. The summed E-state index contributed by atoms with van der Waals surface area (Å²) in [5.74, 6) is 1.65. The number of hydrogen-bond donors (Lipinski definition) is 0. The van der Waals surface area contributed by atoms with Crippen LogP contribution in [0.25, 0.3) is 0 Å². The third-order valence-corrected chi connectivity index (χ3v) is 2.94. The maximum Gasteiger partial charge on any atom is 0.214 e. The molecule has 0 aliphatic carbocycles. The average Bonchev–Trinajstić information content (AvgIpc) is 2.80. The molecule has 0 saturated heterocycles. The van der Waals surface area contributed by atoms with Crippen LogP contribution in [0.1, 0.15) is 43.8 Å². The summed E-state index contributed by atoms with van der Waals surface area (Å²) in [5, 5.41) is 0. The van der Waals surface area contributed by atoms with Gasteiger partial charge >= 0.3 is 0 Å². The van der Waals surface area contributed by atoms with Crippen molar-refractivity contribution in [3.05, 3.63) is 35.6 Å². The van der Waals surface area contributed by atoms with E-state index in [9.17, 15) is 0 Å². The van der Waals surface area contributed by atoms with Gasteiger partial charge < -0.3 is 8.98 Å². The number of aryl methyl sites for hydroxylation is 1. The molecular formula is C13H19N3O. The Bertz CT molecular complexity index is 517. The molecule has 17 heavy (non-hydrogen) atoms. The van der Waals surface area contributed by atoms with Crippen molar-refractivity contribution in [2.75, 3.05) is 0 Å². The molecule has 0 fully saturated rings. The first-order valence-corrected chi connectivity index (χ1v) is 5.81. The first-order valence-electron chi connectivity index (χ1n) is 5.81. The second kappa shape index (κ2) is 4.02. The zero-order valence-electron chi connectivity index (χ0n) is 11.1. The van der Waals surface area contributed by atoms with Crippen molar-refractivity contribution >= 4 is 0 Å². The van der Waals surface area contributed by atoms with E-state index in [1.807, 2.05) is 24.0 Å². The SMILES string of the molecule is Cc1ncn(Cc2ncc(C(C)(C)C)o2)c1C. The lowest BCUT2D eigenvalue weighted by molar-refractivity contribution is 0.376. The van der Waals surface area contributed by atoms with Crippen LogP contribution in [0, 0.1) is 13.8 Å². The monoisotopic (exact) mass is 233 g/mol. The predicted molar refractivity (Wildman–Crippen MR) is 66.0 cm³/mol. The molecule has 0 N–H and O–H groups in total. The normalized spacial score (nSPS) is 12.1. The highest BCUT2D eigenvalue weighted by molar-refractivity contribution is 5.11. The van der Waals surface area contributed by atoms with E-state index in [1.165, 1.54) is 0 Å². The van der Waals surface area contributed by atoms with Gasteiger partial charge in [-0.05, 0) is 13.8 Å². The molecule has 0 aromatic carbocycles. The van der Waals surface area contributed by atoms with Crippen LogP contribution in [0.2, 0.25) is 0 Å². The lowest BCUT2D eigenvalue weighted by Gasteiger charge is -2.13. The van der Waals surface area contributed by atoms with E-state index in [0.29, 0.717) is 6.54 Å². The third kappa shape index (κ3) is 2.40. The summed E-state index contributed by atoms with van der Waals surface area (Å²) in [6.45, 7) is 11.0. The van der Waals surface area contributed by atoms with Gasteiger partial charge in [0.25, 0.3) is 0 Å². The Morgan fingerprint density at radius 3 is 2.41 bits per heavy atom. The number of imidazole rings is 1. The van der Waals surface area contributed by atoms with E-state index < -0.39 is 0 Å². The van der Waals surface area contributed by atoms with Crippen LogP contribution in [0.5, 0.6) is 0 Å². The standard InChI is InChI=1S/C13H19N3O/c1-9-10(2)16(8-15-9)7-12-14-6-11(17-12)13(3,4)5/h6,8H,7H2,1-5H3. The fraction of sp³-hybridized carbons (Fsp3) is 0.538. The molecule has 0 atom stereocenters. The second-order valence-electron chi connectivity index (χ2n) is 5.41. The molecule has 0 unspecified atom stereocenters. The first kappa shape index (κ1) is 11.9. The minimum absolute atomic E-state index is 0.00511. The highest BCUT2D eigenvalue weighted by Gasteiger charge is 2.19. The Balaban J connectivity index is 2.20. The molecule has 0 amide bonds. The zero-order valence-corrected chi connectivity index (χ0v) is 11.1. The van der Waals surface area contributed by atoms with Crippen molar-refractivity contribution < 1.29 is 4.42 Å². The highest BCUT2D eigenvalue weighted by Crippen LogP contribution is 2.23. The molecule has 2 aromatic heterocycles. The summed E-state index contributed by atoms with van der Waals surface area (Å²) in [6, 6.07) is 0. The molecule has 2 rings (SSSR count). The third-order valence-electron chi connectivity index (χ3n) is 2.94. The summed E-state index contributed by atoms with van der Waals surface area (Å²) in [4.78, 5) is 8.57. The summed E-state index contributed by atoms with van der Waals surface area (Å²) in [5.41, 5.74) is 2.21. The fourth-order valence-electron chi connectivity index (χ4n) is 1.58. The topological polar surface area (TPSA) is 43.9 Å². The number of hydrogen-bond acceptors (Lipinski definition) is 3. The van der Waals surface area contributed by atoms with Gasteiger partial charge in [0.2, 0.25) is 5.89 Å². The molecule has 0 spiro atoms. The van der Waals surface area contributed by atoms with Gasteiger partial charge in [-0.25, -0.2) is 9.97 Å². The van der Waals surface area contributed by atoms with E-state index in [1.54, 1.807) is 0 Å². The Labute approximate surface area is 102 Å². The van der Waals surface area contributed by atoms with Crippen LogP contribution in [0.15, 0.2) is 16.9 Å². The Morgan fingerprint density at radius 1 is 1.24 bits per heavy atom. The summed E-state index contributed by atoms with van der Waals surface area (Å²) in [6.07, 6.45) is 3.64. The summed E-state index contributed by atoms with van der Waals surface area (Å²) >= 11 is 0. The van der Waals surface area contributed by atoms with Crippen molar-refractivity contribution in [3.8, 4) is 0 Å². The zero-order chi connectivity index (χ0) is 12.6. The number of rotatable bonds is 2. The molecule has 2 aromatic rings. The van der Waals surface area contributed by atoms with E-state index in [0.717, 1.165) is 23.0 Å². The molecule has 0 saturated carbocycles. The van der Waals surface area contributed by atoms with Crippen molar-refractivity contribution in [3.63, 3.8) is 0 Å². The molecule has 0 aliphatic heterocycles. The largest absolute Gasteiger partial charge is 0.443 e. The quantitative estimate of drug-likeness (QED) is 0.801. The minimum atomic E-state index is 0.00511. The lowest BCUT2D eigenvalue weighted by Crippen LogP contribution is -2.09. The summed E-state index contributed by atoms with van der Waals surface area (Å²) in [7, 11) is 0. The van der Waals surface area contributed by atoms with Crippen LogP contribution < -0.4 is 0 Å². The maximum absolute atomic E-state index is 5.76. The van der Waals surface area contributed by atoms with Gasteiger partial charge in [0, 0.05) is 11.1 Å². The number of aromatic nitrogens is 3. The van der Waals surface area contributed by atoms with Crippen LogP contribution in [0.4, 0.5) is 0 Å². The Hall–Kier alpha value is -1.58. The van der Waals surface area contributed by atoms with Crippen molar-refractivity contribution in [1.29, 1.82) is 0 Å². The molecule has 4 heteroatoms. The van der Waals surface area contributed by atoms with E-state index in [-0.39, 0.29) is 5.41 Å². The molecule has 0 bridgehead atoms. The van der Waals surface area contributed by atoms with Gasteiger partial charge in [0.15, 0.2) is 0 Å². The Morgan fingerprint density at radius 2 is 1.94 bits per heavy atom. The number of nitrogens with zero attached hydrogens (tertiary/aromatic N) is 3. The van der Waals surface area contributed by atoms with Gasteiger partial charge in [-0.1, -0.05) is 20.8 Å². The molecule has 0 radical (unpaired) electrons. The number of oxazole rings is 1. The maximum atomic E-state index is 5.76. The van der Waals surface area contributed by atoms with Gasteiger partial charge in [-0.3, -0.25) is 0 Å². The van der Waals surface area contributed by atoms with Crippen LogP contribution >= 0.6 is 0 Å². The van der Waals surface area contributed by atoms with Crippen LogP contribution in [-0.2, 0) is 12.0 Å². The van der Waals surface area contributed by atoms with Crippen LogP contribution in [0.3, 0.4) is 0 Å². The fourth-order valence-corrected chi connectivity index (χ4v) is 1.58. The first-order chi connectivity index (χ1) is 7.88. The predicted octanol–water partition coefficient (Wildman–Crippen LogP) is 2.83. The minimum Gasteiger partial charge on any atom is -0.443 e. The Kier molecular flexibility index (Phi) is 2.81. The van der Waals surface area contributed by atoms with Crippen LogP contribution in [-0.4, -0.2) is 14.5 Å².